The number of anilines is 2. The van der Waals surface area contributed by atoms with E-state index in [2.05, 4.69) is 10.6 Å². The number of hydrogen-bond acceptors (Lipinski definition) is 5. The highest BCUT2D eigenvalue weighted by Crippen LogP contribution is 2.26. The summed E-state index contributed by atoms with van der Waals surface area (Å²) in [7, 11) is 1.53. The molecule has 0 bridgehead atoms. The van der Waals surface area contributed by atoms with Crippen LogP contribution in [0.2, 0.25) is 0 Å². The van der Waals surface area contributed by atoms with Crippen molar-refractivity contribution in [2.45, 2.75) is 6.42 Å². The minimum atomic E-state index is -0.579. The van der Waals surface area contributed by atoms with E-state index in [4.69, 9.17) is 14.2 Å². The quantitative estimate of drug-likeness (QED) is 0.777. The lowest BCUT2D eigenvalue weighted by atomic mass is 10.1. The van der Waals surface area contributed by atoms with Crippen molar-refractivity contribution < 1.29 is 23.8 Å². The van der Waals surface area contributed by atoms with E-state index < -0.39 is 6.09 Å². The van der Waals surface area contributed by atoms with Gasteiger partial charge in [0.15, 0.2) is 0 Å². The Morgan fingerprint density at radius 2 is 1.88 bits per heavy atom. The van der Waals surface area contributed by atoms with Gasteiger partial charge in [-0.05, 0) is 42.0 Å². The summed E-state index contributed by atoms with van der Waals surface area (Å²) in [5, 5.41) is 5.43. The Hall–Kier alpha value is -3.06. The SMILES string of the molecule is COCCOC(=O)Nc1cccc(NC(=O)c2ccc3c(c2)CCO3)c1. The molecule has 1 heterocycles. The first-order valence-electron chi connectivity index (χ1n) is 8.25. The molecule has 0 aromatic heterocycles. The molecule has 7 nitrogen and oxygen atoms in total. The van der Waals surface area contributed by atoms with Crippen LogP contribution >= 0.6 is 0 Å². The van der Waals surface area contributed by atoms with E-state index in [0.717, 1.165) is 17.7 Å². The molecule has 7 heteroatoms. The fourth-order valence-electron chi connectivity index (χ4n) is 2.58. The molecule has 0 atom stereocenters. The number of amides is 2. The molecule has 0 unspecified atom stereocenters. The average molecular weight is 356 g/mol. The maximum absolute atomic E-state index is 12.4. The maximum atomic E-state index is 12.4. The molecular weight excluding hydrogens is 336 g/mol. The van der Waals surface area contributed by atoms with Gasteiger partial charge in [0.1, 0.15) is 12.4 Å². The summed E-state index contributed by atoms with van der Waals surface area (Å²) in [6, 6.07) is 12.2. The van der Waals surface area contributed by atoms with Crippen LogP contribution in [0.25, 0.3) is 0 Å². The first-order chi connectivity index (χ1) is 12.7. The highest BCUT2D eigenvalue weighted by Gasteiger charge is 2.15. The van der Waals surface area contributed by atoms with Crippen LogP contribution in [-0.4, -0.2) is 38.9 Å². The van der Waals surface area contributed by atoms with Crippen LogP contribution in [0.15, 0.2) is 42.5 Å². The third-order valence-corrected chi connectivity index (χ3v) is 3.84. The van der Waals surface area contributed by atoms with Gasteiger partial charge < -0.3 is 19.5 Å². The summed E-state index contributed by atoms with van der Waals surface area (Å²) in [6.45, 7) is 1.14. The van der Waals surface area contributed by atoms with Crippen molar-refractivity contribution >= 4 is 23.4 Å². The summed E-state index contributed by atoms with van der Waals surface area (Å²) in [5.74, 6) is 0.610. The normalized spacial score (nSPS) is 12.0. The van der Waals surface area contributed by atoms with Gasteiger partial charge in [-0.2, -0.15) is 0 Å². The zero-order chi connectivity index (χ0) is 18.4. The van der Waals surface area contributed by atoms with Crippen molar-refractivity contribution in [3.05, 3.63) is 53.6 Å². The number of fused-ring (bicyclic) bond motifs is 1. The van der Waals surface area contributed by atoms with Crippen LogP contribution in [0.5, 0.6) is 5.75 Å². The lowest BCUT2D eigenvalue weighted by Gasteiger charge is -2.10. The molecule has 0 saturated heterocycles. The molecule has 2 amide bonds. The number of benzene rings is 2. The molecule has 26 heavy (non-hydrogen) atoms. The van der Waals surface area contributed by atoms with Gasteiger partial charge in [0.25, 0.3) is 5.91 Å². The molecule has 0 fully saturated rings. The molecule has 1 aliphatic heterocycles. The number of carbonyl (C=O) groups excluding carboxylic acids is 2. The van der Waals surface area contributed by atoms with Crippen molar-refractivity contribution in [1.82, 2.24) is 0 Å². The largest absolute Gasteiger partial charge is 0.493 e. The minimum absolute atomic E-state index is 0.167. The van der Waals surface area contributed by atoms with E-state index in [0.29, 0.717) is 30.2 Å². The molecule has 2 aromatic carbocycles. The zero-order valence-corrected chi connectivity index (χ0v) is 14.4. The predicted molar refractivity (Wildman–Crippen MR) is 96.9 cm³/mol. The number of nitrogens with one attached hydrogen (secondary N) is 2. The molecule has 1 aliphatic rings. The summed E-state index contributed by atoms with van der Waals surface area (Å²) in [6.07, 6.45) is 0.227. The van der Waals surface area contributed by atoms with Crippen molar-refractivity contribution in [2.24, 2.45) is 0 Å². The Balaban J connectivity index is 1.61. The second-order valence-corrected chi connectivity index (χ2v) is 5.71. The van der Waals surface area contributed by atoms with Crippen LogP contribution in [0.4, 0.5) is 16.2 Å². The fourth-order valence-corrected chi connectivity index (χ4v) is 2.58. The molecule has 3 rings (SSSR count). The summed E-state index contributed by atoms with van der Waals surface area (Å²) in [5.41, 5.74) is 2.69. The van der Waals surface area contributed by atoms with E-state index in [9.17, 15) is 9.59 Å². The van der Waals surface area contributed by atoms with Gasteiger partial charge >= 0.3 is 6.09 Å². The fraction of sp³-hybridized carbons (Fsp3) is 0.263. The van der Waals surface area contributed by atoms with Gasteiger partial charge in [-0.3, -0.25) is 10.1 Å². The van der Waals surface area contributed by atoms with Gasteiger partial charge in [-0.15, -0.1) is 0 Å². The third-order valence-electron chi connectivity index (χ3n) is 3.84. The Bertz CT molecular complexity index is 806. The van der Waals surface area contributed by atoms with E-state index in [1.165, 1.54) is 7.11 Å². The summed E-state index contributed by atoms with van der Waals surface area (Å²) in [4.78, 5) is 24.1. The number of carbonyl (C=O) groups is 2. The molecule has 136 valence electrons. The molecule has 2 aromatic rings. The van der Waals surface area contributed by atoms with E-state index in [-0.39, 0.29) is 12.5 Å². The molecule has 0 saturated carbocycles. The van der Waals surface area contributed by atoms with Crippen molar-refractivity contribution in [3.8, 4) is 5.75 Å². The summed E-state index contributed by atoms with van der Waals surface area (Å²) < 4.78 is 15.2. The van der Waals surface area contributed by atoms with Crippen LogP contribution in [0.1, 0.15) is 15.9 Å². The van der Waals surface area contributed by atoms with Crippen LogP contribution in [0.3, 0.4) is 0 Å². The van der Waals surface area contributed by atoms with Crippen molar-refractivity contribution in [2.75, 3.05) is 37.6 Å². The predicted octanol–water partition coefficient (Wildman–Crippen LogP) is 3.07. The smallest absolute Gasteiger partial charge is 0.411 e. The highest BCUT2D eigenvalue weighted by molar-refractivity contribution is 6.04. The minimum Gasteiger partial charge on any atom is -0.493 e. The molecule has 0 spiro atoms. The van der Waals surface area contributed by atoms with E-state index in [1.54, 1.807) is 30.3 Å². The van der Waals surface area contributed by atoms with Gasteiger partial charge in [0.05, 0.1) is 13.2 Å². The highest BCUT2D eigenvalue weighted by atomic mass is 16.6. The second kappa shape index (κ2) is 8.35. The van der Waals surface area contributed by atoms with Crippen LogP contribution < -0.4 is 15.4 Å². The van der Waals surface area contributed by atoms with E-state index in [1.807, 2.05) is 12.1 Å². The Labute approximate surface area is 151 Å². The third kappa shape index (κ3) is 4.52. The molecule has 2 N–H and O–H groups in total. The lowest BCUT2D eigenvalue weighted by molar-refractivity contribution is 0.102. The van der Waals surface area contributed by atoms with Gasteiger partial charge in [-0.1, -0.05) is 6.07 Å². The number of hydrogen-bond donors (Lipinski definition) is 2. The standard InChI is InChI=1S/C19H20N2O5/c1-24-9-10-26-19(23)21-16-4-2-3-15(12-16)20-18(22)14-5-6-17-13(11-14)7-8-25-17/h2-6,11-12H,7-10H2,1H3,(H,20,22)(H,21,23). The topological polar surface area (TPSA) is 85.9 Å². The molecule has 0 radical (unpaired) electrons. The summed E-state index contributed by atoms with van der Waals surface area (Å²) >= 11 is 0. The van der Waals surface area contributed by atoms with Gasteiger partial charge in [0.2, 0.25) is 0 Å². The monoisotopic (exact) mass is 356 g/mol. The number of rotatable bonds is 6. The van der Waals surface area contributed by atoms with Crippen molar-refractivity contribution in [3.63, 3.8) is 0 Å². The van der Waals surface area contributed by atoms with E-state index >= 15 is 0 Å². The van der Waals surface area contributed by atoms with Crippen LogP contribution in [-0.2, 0) is 15.9 Å². The van der Waals surface area contributed by atoms with Gasteiger partial charge in [-0.25, -0.2) is 4.79 Å². The lowest BCUT2D eigenvalue weighted by Crippen LogP contribution is -2.17. The average Bonchev–Trinajstić information content (AvgIpc) is 3.10. The van der Waals surface area contributed by atoms with Crippen molar-refractivity contribution in [1.29, 1.82) is 0 Å². The Morgan fingerprint density at radius 3 is 2.69 bits per heavy atom. The Kier molecular flexibility index (Phi) is 5.70. The number of ether oxygens (including phenoxy) is 3. The molecular formula is C19H20N2O5. The van der Waals surface area contributed by atoms with Gasteiger partial charge in [0, 0.05) is 30.5 Å². The Morgan fingerprint density at radius 1 is 1.08 bits per heavy atom. The van der Waals surface area contributed by atoms with Crippen LogP contribution in [0, 0.1) is 0 Å². The first-order valence-corrected chi connectivity index (χ1v) is 8.25. The second-order valence-electron chi connectivity index (χ2n) is 5.71. The zero-order valence-electron chi connectivity index (χ0n) is 14.4. The maximum Gasteiger partial charge on any atom is 0.411 e. The first kappa shape index (κ1) is 17.8. The number of methoxy groups -OCH3 is 1. The molecule has 0 aliphatic carbocycles.